The summed E-state index contributed by atoms with van der Waals surface area (Å²) in [6.07, 6.45) is -1.83. The molecule has 0 aliphatic heterocycles. The van der Waals surface area contributed by atoms with Crippen LogP contribution in [-0.4, -0.2) is 16.2 Å². The number of hydrogen-bond donors (Lipinski definition) is 1. The molecule has 0 aromatic carbocycles. The summed E-state index contributed by atoms with van der Waals surface area (Å²) in [6.45, 7) is 4.86. The predicted molar refractivity (Wildman–Crippen MR) is 56.0 cm³/mol. The number of anilines is 1. The van der Waals surface area contributed by atoms with Crippen molar-refractivity contribution in [2.45, 2.75) is 39.0 Å². The number of aromatic nitrogens is 2. The molecular weight excluding hydrogens is 200 g/mol. The van der Waals surface area contributed by atoms with Crippen molar-refractivity contribution in [2.75, 3.05) is 5.73 Å². The third kappa shape index (κ3) is 1.82. The Labute approximate surface area is 88.3 Å². The second-order valence-corrected chi connectivity index (χ2v) is 4.21. The summed E-state index contributed by atoms with van der Waals surface area (Å²) in [7, 11) is 1.67. The topological polar surface area (TPSA) is 43.8 Å². The molecule has 1 rings (SSSR count). The molecule has 1 heterocycles. The molecule has 1 aromatic rings. The zero-order chi connectivity index (χ0) is 11.8. The maximum atomic E-state index is 12.9. The van der Waals surface area contributed by atoms with E-state index in [1.165, 1.54) is 18.5 Å². The van der Waals surface area contributed by atoms with Crippen molar-refractivity contribution in [2.24, 2.45) is 7.05 Å². The van der Waals surface area contributed by atoms with Gasteiger partial charge in [0.15, 0.2) is 0 Å². The van der Waals surface area contributed by atoms with E-state index in [-0.39, 0.29) is 0 Å². The Kier molecular flexibility index (Phi) is 3.02. The number of nitrogens with zero attached hydrogens (tertiary/aromatic N) is 2. The zero-order valence-corrected chi connectivity index (χ0v) is 9.51. The van der Waals surface area contributed by atoms with Crippen LogP contribution in [0, 0.1) is 0 Å². The molecule has 0 fully saturated rings. The Morgan fingerprint density at radius 1 is 1.47 bits per heavy atom. The van der Waals surface area contributed by atoms with Gasteiger partial charge in [0.25, 0.3) is 0 Å². The van der Waals surface area contributed by atoms with E-state index in [9.17, 15) is 8.78 Å². The summed E-state index contributed by atoms with van der Waals surface area (Å²) in [4.78, 5) is 0. The Bertz CT molecular complexity index is 356. The summed E-state index contributed by atoms with van der Waals surface area (Å²) in [6, 6.07) is 0. The maximum absolute atomic E-state index is 12.9. The second-order valence-electron chi connectivity index (χ2n) is 4.21. The minimum atomic E-state index is -2.45. The lowest BCUT2D eigenvalue weighted by Gasteiger charge is -2.22. The first-order chi connectivity index (χ1) is 6.82. The van der Waals surface area contributed by atoms with E-state index >= 15 is 0 Å². The molecule has 1 aromatic heterocycles. The molecule has 0 amide bonds. The first-order valence-electron chi connectivity index (χ1n) is 4.92. The number of halogens is 2. The Morgan fingerprint density at radius 2 is 2.00 bits per heavy atom. The monoisotopic (exact) mass is 217 g/mol. The number of nitrogens with two attached hydrogens (primary N) is 1. The van der Waals surface area contributed by atoms with Crippen LogP contribution < -0.4 is 5.73 Å². The standard InChI is InChI=1S/C10H17F2N3/c1-5-6-7(10(2,3)9(11)12)14-15(4)8(6)13/h9H,5,13H2,1-4H3. The van der Waals surface area contributed by atoms with Gasteiger partial charge in [0.05, 0.1) is 11.1 Å². The van der Waals surface area contributed by atoms with E-state index in [1.54, 1.807) is 7.05 Å². The van der Waals surface area contributed by atoms with Gasteiger partial charge in [-0.3, -0.25) is 4.68 Å². The van der Waals surface area contributed by atoms with Crippen molar-refractivity contribution in [3.05, 3.63) is 11.3 Å². The van der Waals surface area contributed by atoms with E-state index in [4.69, 9.17) is 5.73 Å². The van der Waals surface area contributed by atoms with Gasteiger partial charge in [-0.1, -0.05) is 6.92 Å². The van der Waals surface area contributed by atoms with Crippen LogP contribution in [0.25, 0.3) is 0 Å². The van der Waals surface area contributed by atoms with Gasteiger partial charge in [0.1, 0.15) is 5.82 Å². The van der Waals surface area contributed by atoms with Crippen molar-refractivity contribution >= 4 is 5.82 Å². The average molecular weight is 217 g/mol. The fourth-order valence-corrected chi connectivity index (χ4v) is 1.55. The fraction of sp³-hybridized carbons (Fsp3) is 0.700. The molecular formula is C10H17F2N3. The van der Waals surface area contributed by atoms with Gasteiger partial charge in [-0.25, -0.2) is 8.78 Å². The predicted octanol–water partition coefficient (Wildman–Crippen LogP) is 2.11. The van der Waals surface area contributed by atoms with E-state index in [0.717, 1.165) is 5.56 Å². The fourth-order valence-electron chi connectivity index (χ4n) is 1.55. The van der Waals surface area contributed by atoms with Crippen molar-refractivity contribution < 1.29 is 8.78 Å². The highest BCUT2D eigenvalue weighted by Gasteiger charge is 2.36. The molecule has 3 nitrogen and oxygen atoms in total. The summed E-state index contributed by atoms with van der Waals surface area (Å²) >= 11 is 0. The number of nitrogen functional groups attached to an aromatic ring is 1. The minimum Gasteiger partial charge on any atom is -0.384 e. The van der Waals surface area contributed by atoms with Gasteiger partial charge >= 0.3 is 0 Å². The summed E-state index contributed by atoms with van der Waals surface area (Å²) in [5.41, 5.74) is 5.64. The highest BCUT2D eigenvalue weighted by atomic mass is 19.3. The molecule has 0 saturated carbocycles. The van der Waals surface area contributed by atoms with Crippen LogP contribution in [0.3, 0.4) is 0 Å². The van der Waals surface area contributed by atoms with Crippen molar-refractivity contribution in [1.82, 2.24) is 9.78 Å². The van der Waals surface area contributed by atoms with E-state index in [0.29, 0.717) is 17.9 Å². The van der Waals surface area contributed by atoms with Crippen LogP contribution in [0.5, 0.6) is 0 Å². The molecule has 15 heavy (non-hydrogen) atoms. The Hall–Kier alpha value is -1.13. The molecule has 0 saturated heterocycles. The van der Waals surface area contributed by atoms with Crippen LogP contribution in [0.1, 0.15) is 32.0 Å². The number of hydrogen-bond acceptors (Lipinski definition) is 2. The van der Waals surface area contributed by atoms with Crippen LogP contribution in [0.15, 0.2) is 0 Å². The van der Waals surface area contributed by atoms with E-state index < -0.39 is 11.8 Å². The van der Waals surface area contributed by atoms with Gasteiger partial charge in [-0.2, -0.15) is 5.10 Å². The molecule has 0 bridgehead atoms. The Balaban J connectivity index is 3.31. The molecule has 5 heteroatoms. The van der Waals surface area contributed by atoms with Crippen LogP contribution in [0.2, 0.25) is 0 Å². The first-order valence-corrected chi connectivity index (χ1v) is 4.92. The van der Waals surface area contributed by atoms with Crippen molar-refractivity contribution in [1.29, 1.82) is 0 Å². The summed E-state index contributed by atoms with van der Waals surface area (Å²) in [5, 5.41) is 4.09. The van der Waals surface area contributed by atoms with E-state index in [2.05, 4.69) is 5.10 Å². The maximum Gasteiger partial charge on any atom is 0.249 e. The second kappa shape index (κ2) is 3.79. The average Bonchev–Trinajstić information content (AvgIpc) is 2.43. The lowest BCUT2D eigenvalue weighted by molar-refractivity contribution is 0.0664. The van der Waals surface area contributed by atoms with Gasteiger partial charge in [0, 0.05) is 12.6 Å². The van der Waals surface area contributed by atoms with Crippen LogP contribution >= 0.6 is 0 Å². The largest absolute Gasteiger partial charge is 0.384 e. The van der Waals surface area contributed by atoms with Crippen molar-refractivity contribution in [3.8, 4) is 0 Å². The van der Waals surface area contributed by atoms with Gasteiger partial charge in [0.2, 0.25) is 6.43 Å². The minimum absolute atomic E-state index is 0.403. The summed E-state index contributed by atoms with van der Waals surface area (Å²) in [5.74, 6) is 0.473. The first kappa shape index (κ1) is 11.9. The lowest BCUT2D eigenvalue weighted by atomic mass is 9.86. The number of rotatable bonds is 3. The molecule has 0 atom stereocenters. The third-order valence-electron chi connectivity index (χ3n) is 2.70. The molecule has 0 aliphatic carbocycles. The highest BCUT2D eigenvalue weighted by Crippen LogP contribution is 2.33. The van der Waals surface area contributed by atoms with Crippen molar-refractivity contribution in [3.63, 3.8) is 0 Å². The van der Waals surface area contributed by atoms with E-state index in [1.807, 2.05) is 6.92 Å². The smallest absolute Gasteiger partial charge is 0.249 e. The normalized spacial score (nSPS) is 12.5. The summed E-state index contributed by atoms with van der Waals surface area (Å²) < 4.78 is 27.2. The van der Waals surface area contributed by atoms with Crippen LogP contribution in [0.4, 0.5) is 14.6 Å². The SMILES string of the molecule is CCc1c(C(C)(C)C(F)F)nn(C)c1N. The Morgan fingerprint density at radius 3 is 2.40 bits per heavy atom. The molecule has 0 radical (unpaired) electrons. The molecule has 2 N–H and O–H groups in total. The van der Waals surface area contributed by atoms with Crippen LogP contribution in [-0.2, 0) is 18.9 Å². The quantitative estimate of drug-likeness (QED) is 0.842. The number of aryl methyl sites for hydroxylation is 1. The zero-order valence-electron chi connectivity index (χ0n) is 9.51. The molecule has 0 spiro atoms. The third-order valence-corrected chi connectivity index (χ3v) is 2.70. The van der Waals surface area contributed by atoms with Gasteiger partial charge in [-0.05, 0) is 20.3 Å². The van der Waals surface area contributed by atoms with Gasteiger partial charge < -0.3 is 5.73 Å². The number of alkyl halides is 2. The molecule has 0 unspecified atom stereocenters. The molecule has 0 aliphatic rings. The molecule has 86 valence electrons. The van der Waals surface area contributed by atoms with Gasteiger partial charge in [-0.15, -0.1) is 0 Å². The highest BCUT2D eigenvalue weighted by molar-refractivity contribution is 5.46. The lowest BCUT2D eigenvalue weighted by Crippen LogP contribution is -2.28.